The van der Waals surface area contributed by atoms with Gasteiger partial charge in [-0.1, -0.05) is 45.0 Å². The van der Waals surface area contributed by atoms with E-state index in [-0.39, 0.29) is 11.4 Å². The molecule has 0 aromatic heterocycles. The fourth-order valence-corrected chi connectivity index (χ4v) is 2.14. The number of benzene rings is 2. The normalized spacial score (nSPS) is 10.7. The van der Waals surface area contributed by atoms with Crippen LogP contribution in [0, 0.1) is 11.3 Å². The number of hydrogen-bond donors (Lipinski definition) is 2. The topological polar surface area (TPSA) is 64.9 Å². The van der Waals surface area contributed by atoms with Gasteiger partial charge in [0, 0.05) is 11.4 Å². The Bertz CT molecular complexity index is 704. The quantitative estimate of drug-likeness (QED) is 0.863. The average molecular weight is 307 g/mol. The minimum atomic E-state index is -0.290. The second kappa shape index (κ2) is 6.97. The van der Waals surface area contributed by atoms with Crippen molar-refractivity contribution in [1.82, 2.24) is 0 Å². The third kappa shape index (κ3) is 4.86. The Balaban J connectivity index is 1.95. The number of urea groups is 1. The Morgan fingerprint density at radius 1 is 0.957 bits per heavy atom. The van der Waals surface area contributed by atoms with Gasteiger partial charge in [-0.05, 0) is 40.8 Å². The van der Waals surface area contributed by atoms with Crippen LogP contribution in [0.1, 0.15) is 31.9 Å². The average Bonchev–Trinajstić information content (AvgIpc) is 2.49. The molecule has 0 radical (unpaired) electrons. The van der Waals surface area contributed by atoms with E-state index in [0.717, 1.165) is 11.3 Å². The molecule has 2 rings (SSSR count). The Morgan fingerprint density at radius 2 is 1.43 bits per heavy atom. The molecule has 4 heteroatoms. The van der Waals surface area contributed by atoms with Gasteiger partial charge >= 0.3 is 6.03 Å². The maximum atomic E-state index is 12.0. The first-order valence-corrected chi connectivity index (χ1v) is 7.53. The van der Waals surface area contributed by atoms with Crippen molar-refractivity contribution < 1.29 is 4.79 Å². The van der Waals surface area contributed by atoms with E-state index < -0.39 is 0 Å². The Kier molecular flexibility index (Phi) is 5.02. The highest BCUT2D eigenvalue weighted by Gasteiger charge is 2.13. The number of nitriles is 1. The minimum absolute atomic E-state index is 0.0892. The molecular weight excluding hydrogens is 286 g/mol. The van der Waals surface area contributed by atoms with Crippen molar-refractivity contribution in [3.05, 3.63) is 59.7 Å². The Morgan fingerprint density at radius 3 is 1.87 bits per heavy atom. The molecular formula is C19H21N3O. The molecule has 0 atom stereocenters. The second-order valence-electron chi connectivity index (χ2n) is 6.44. The molecule has 2 aromatic rings. The van der Waals surface area contributed by atoms with Crippen LogP contribution in [-0.4, -0.2) is 6.03 Å². The van der Waals surface area contributed by atoms with E-state index in [4.69, 9.17) is 5.26 Å². The summed E-state index contributed by atoms with van der Waals surface area (Å²) < 4.78 is 0. The highest BCUT2D eigenvalue weighted by Crippen LogP contribution is 2.23. The zero-order valence-corrected chi connectivity index (χ0v) is 13.7. The Hall–Kier alpha value is -2.80. The Labute approximate surface area is 137 Å². The third-order valence-corrected chi connectivity index (χ3v) is 3.50. The highest BCUT2D eigenvalue weighted by atomic mass is 16.2. The molecule has 4 nitrogen and oxygen atoms in total. The van der Waals surface area contributed by atoms with E-state index in [1.165, 1.54) is 5.56 Å². The standard InChI is InChI=1S/C19H21N3O/c1-19(2,3)15-6-10-17(11-7-15)22-18(23)21-16-8-4-14(5-9-16)12-13-20/h4-11H,12H2,1-3H3,(H2,21,22,23). The number of amides is 2. The molecule has 0 aliphatic rings. The monoisotopic (exact) mass is 307 g/mol. The minimum Gasteiger partial charge on any atom is -0.308 e. The van der Waals surface area contributed by atoms with Gasteiger partial charge < -0.3 is 10.6 Å². The molecule has 0 unspecified atom stereocenters. The fourth-order valence-electron chi connectivity index (χ4n) is 2.14. The molecule has 0 bridgehead atoms. The van der Waals surface area contributed by atoms with Crippen LogP contribution in [0.3, 0.4) is 0 Å². The van der Waals surface area contributed by atoms with Gasteiger partial charge in [0.15, 0.2) is 0 Å². The summed E-state index contributed by atoms with van der Waals surface area (Å²) >= 11 is 0. The van der Waals surface area contributed by atoms with E-state index in [2.05, 4.69) is 37.5 Å². The summed E-state index contributed by atoms with van der Waals surface area (Å²) in [5.74, 6) is 0. The lowest BCUT2D eigenvalue weighted by Crippen LogP contribution is -2.19. The van der Waals surface area contributed by atoms with Crippen molar-refractivity contribution >= 4 is 17.4 Å². The van der Waals surface area contributed by atoms with E-state index in [1.54, 1.807) is 12.1 Å². The predicted molar refractivity (Wildman–Crippen MR) is 93.5 cm³/mol. The van der Waals surface area contributed by atoms with Gasteiger partial charge in [-0.15, -0.1) is 0 Å². The summed E-state index contributed by atoms with van der Waals surface area (Å²) in [6, 6.07) is 16.9. The lowest BCUT2D eigenvalue weighted by molar-refractivity contribution is 0.262. The molecule has 0 saturated carbocycles. The van der Waals surface area contributed by atoms with Crippen LogP contribution < -0.4 is 10.6 Å². The molecule has 0 spiro atoms. The number of anilines is 2. The van der Waals surface area contributed by atoms with Crippen molar-refractivity contribution in [1.29, 1.82) is 5.26 Å². The number of carbonyl (C=O) groups excluding carboxylic acids is 1. The highest BCUT2D eigenvalue weighted by molar-refractivity contribution is 5.99. The first-order chi connectivity index (χ1) is 10.9. The van der Waals surface area contributed by atoms with Crippen molar-refractivity contribution in [2.24, 2.45) is 0 Å². The van der Waals surface area contributed by atoms with E-state index >= 15 is 0 Å². The summed E-state index contributed by atoms with van der Waals surface area (Å²) in [6.07, 6.45) is 0.368. The molecule has 118 valence electrons. The van der Waals surface area contributed by atoms with Crippen LogP contribution in [0.15, 0.2) is 48.5 Å². The number of carbonyl (C=O) groups is 1. The molecule has 2 amide bonds. The smallest absolute Gasteiger partial charge is 0.308 e. The van der Waals surface area contributed by atoms with Gasteiger partial charge in [-0.3, -0.25) is 0 Å². The summed E-state index contributed by atoms with van der Waals surface area (Å²) in [7, 11) is 0. The number of hydrogen-bond acceptors (Lipinski definition) is 2. The summed E-state index contributed by atoms with van der Waals surface area (Å²) in [6.45, 7) is 6.45. The zero-order chi connectivity index (χ0) is 16.9. The lowest BCUT2D eigenvalue weighted by Gasteiger charge is -2.19. The van der Waals surface area contributed by atoms with Crippen LogP contribution in [0.2, 0.25) is 0 Å². The summed E-state index contributed by atoms with van der Waals surface area (Å²) in [4.78, 5) is 12.0. The van der Waals surface area contributed by atoms with E-state index in [0.29, 0.717) is 12.1 Å². The molecule has 23 heavy (non-hydrogen) atoms. The molecule has 0 aliphatic heterocycles. The van der Waals surface area contributed by atoms with E-state index in [1.807, 2.05) is 36.4 Å². The predicted octanol–water partition coefficient (Wildman–Crippen LogP) is 4.69. The molecule has 2 aromatic carbocycles. The van der Waals surface area contributed by atoms with Crippen molar-refractivity contribution in [3.8, 4) is 6.07 Å². The van der Waals surface area contributed by atoms with Crippen molar-refractivity contribution in [3.63, 3.8) is 0 Å². The second-order valence-corrected chi connectivity index (χ2v) is 6.44. The fraction of sp³-hybridized carbons (Fsp3) is 0.263. The summed E-state index contributed by atoms with van der Waals surface area (Å²) in [5.41, 5.74) is 3.67. The number of nitrogens with one attached hydrogen (secondary N) is 2. The van der Waals surface area contributed by atoms with Crippen molar-refractivity contribution in [2.45, 2.75) is 32.6 Å². The van der Waals surface area contributed by atoms with Gasteiger partial charge in [-0.2, -0.15) is 5.26 Å². The number of nitrogens with zero attached hydrogens (tertiary/aromatic N) is 1. The third-order valence-electron chi connectivity index (χ3n) is 3.50. The lowest BCUT2D eigenvalue weighted by atomic mass is 9.87. The van der Waals surface area contributed by atoms with Gasteiger partial charge in [-0.25, -0.2) is 4.79 Å². The van der Waals surface area contributed by atoms with Gasteiger partial charge in [0.2, 0.25) is 0 Å². The van der Waals surface area contributed by atoms with Crippen LogP contribution in [-0.2, 0) is 11.8 Å². The molecule has 0 fully saturated rings. The largest absolute Gasteiger partial charge is 0.323 e. The molecule has 0 saturated heterocycles. The first kappa shape index (κ1) is 16.6. The van der Waals surface area contributed by atoms with E-state index in [9.17, 15) is 4.79 Å². The van der Waals surface area contributed by atoms with Gasteiger partial charge in [0.25, 0.3) is 0 Å². The van der Waals surface area contributed by atoms with Crippen LogP contribution in [0.5, 0.6) is 0 Å². The molecule has 2 N–H and O–H groups in total. The van der Waals surface area contributed by atoms with Gasteiger partial charge in [0.05, 0.1) is 12.5 Å². The molecule has 0 heterocycles. The van der Waals surface area contributed by atoms with Crippen LogP contribution in [0.4, 0.5) is 16.2 Å². The van der Waals surface area contributed by atoms with Crippen molar-refractivity contribution in [2.75, 3.05) is 10.6 Å². The van der Waals surface area contributed by atoms with Crippen LogP contribution >= 0.6 is 0 Å². The zero-order valence-electron chi connectivity index (χ0n) is 13.7. The van der Waals surface area contributed by atoms with Crippen LogP contribution in [0.25, 0.3) is 0 Å². The SMILES string of the molecule is CC(C)(C)c1ccc(NC(=O)Nc2ccc(CC#N)cc2)cc1. The maximum absolute atomic E-state index is 12.0. The molecule has 0 aliphatic carbocycles. The number of rotatable bonds is 3. The summed E-state index contributed by atoms with van der Waals surface area (Å²) in [5, 5.41) is 14.2. The first-order valence-electron chi connectivity index (χ1n) is 7.53. The maximum Gasteiger partial charge on any atom is 0.323 e. The van der Waals surface area contributed by atoms with Gasteiger partial charge in [0.1, 0.15) is 0 Å².